The molecule has 0 unspecified atom stereocenters. The van der Waals surface area contributed by atoms with Crippen LogP contribution in [0.2, 0.25) is 0 Å². The van der Waals surface area contributed by atoms with Crippen molar-refractivity contribution in [1.29, 1.82) is 0 Å². The number of para-hydroxylation sites is 1. The number of ether oxygens (including phenoxy) is 1. The van der Waals surface area contributed by atoms with Crippen LogP contribution in [0.4, 0.5) is 0 Å². The second-order valence-electron chi connectivity index (χ2n) is 7.23. The van der Waals surface area contributed by atoms with Crippen molar-refractivity contribution in [2.24, 2.45) is 0 Å². The molecule has 4 rings (SSSR count). The Balaban J connectivity index is 1.30. The first kappa shape index (κ1) is 22.4. The van der Waals surface area contributed by atoms with E-state index in [1.165, 1.54) is 10.9 Å². The maximum Gasteiger partial charge on any atom is 0.269 e. The highest BCUT2D eigenvalue weighted by molar-refractivity contribution is 5.98. The summed E-state index contributed by atoms with van der Waals surface area (Å²) in [5.74, 6) is 0.290. The van der Waals surface area contributed by atoms with Gasteiger partial charge in [-0.15, -0.1) is 10.2 Å². The molecule has 0 atom stereocenters. The first-order valence-corrected chi connectivity index (χ1v) is 10.5. The molecule has 3 aromatic carbocycles. The molecule has 0 aliphatic rings. The van der Waals surface area contributed by atoms with Gasteiger partial charge in [-0.2, -0.15) is 4.80 Å². The number of tetrazole rings is 1. The molecule has 0 spiro atoms. The summed E-state index contributed by atoms with van der Waals surface area (Å²) in [6.07, 6.45) is 2.92. The zero-order valence-electron chi connectivity index (χ0n) is 18.4. The van der Waals surface area contributed by atoms with E-state index >= 15 is 0 Å². The molecule has 2 amide bonds. The van der Waals surface area contributed by atoms with Crippen molar-refractivity contribution in [3.8, 4) is 17.1 Å². The van der Waals surface area contributed by atoms with Gasteiger partial charge in [0.1, 0.15) is 5.75 Å². The summed E-state index contributed by atoms with van der Waals surface area (Å²) in [6, 6.07) is 23.8. The van der Waals surface area contributed by atoms with Gasteiger partial charge in [-0.05, 0) is 35.1 Å². The van der Waals surface area contributed by atoms with E-state index in [2.05, 4.69) is 26.3 Å². The molecular weight excluding hydrogens is 432 g/mol. The Morgan fingerprint density at radius 1 is 0.941 bits per heavy atom. The maximum absolute atomic E-state index is 12.3. The van der Waals surface area contributed by atoms with Gasteiger partial charge in [0, 0.05) is 22.8 Å². The highest BCUT2D eigenvalue weighted by Crippen LogP contribution is 2.18. The number of nitrogens with one attached hydrogen (secondary N) is 2. The number of nitrogens with zero attached hydrogens (tertiary/aromatic N) is 4. The van der Waals surface area contributed by atoms with E-state index in [-0.39, 0.29) is 0 Å². The van der Waals surface area contributed by atoms with Crippen LogP contribution >= 0.6 is 0 Å². The number of methoxy groups -OCH3 is 1. The first-order chi connectivity index (χ1) is 16.6. The SMILES string of the molecule is COc1ccccc1/C=C/C(=O)NNC(=O)c1ccc(Cn2nnc(-c3ccccc3)n2)cc1. The Kier molecular flexibility index (Phi) is 7.04. The molecular formula is C25H22N6O3. The fourth-order valence-corrected chi connectivity index (χ4v) is 3.14. The highest BCUT2D eigenvalue weighted by Gasteiger charge is 2.09. The van der Waals surface area contributed by atoms with Crippen LogP contribution in [0, 0.1) is 0 Å². The molecule has 0 aliphatic heterocycles. The van der Waals surface area contributed by atoms with Gasteiger partial charge in [-0.25, -0.2) is 0 Å². The molecule has 1 aromatic heterocycles. The van der Waals surface area contributed by atoms with Crippen molar-refractivity contribution in [1.82, 2.24) is 31.1 Å². The largest absolute Gasteiger partial charge is 0.496 e. The molecule has 1 heterocycles. The normalized spacial score (nSPS) is 10.7. The van der Waals surface area contributed by atoms with Gasteiger partial charge in [0.2, 0.25) is 5.82 Å². The molecule has 0 saturated heterocycles. The molecule has 0 fully saturated rings. The van der Waals surface area contributed by atoms with Gasteiger partial charge < -0.3 is 4.74 Å². The van der Waals surface area contributed by atoms with Crippen molar-refractivity contribution >= 4 is 17.9 Å². The standard InChI is InChI=1S/C25H22N6O3/c1-34-22-10-6-5-7-19(22)15-16-23(32)26-28-25(33)21-13-11-18(12-14-21)17-31-29-24(27-30-31)20-8-3-2-4-9-20/h2-16H,17H2,1H3,(H,26,32)(H,28,33)/b16-15+. The Bertz CT molecular complexity index is 1300. The third-order valence-electron chi connectivity index (χ3n) is 4.88. The van der Waals surface area contributed by atoms with E-state index in [1.807, 2.05) is 48.5 Å². The molecule has 9 heteroatoms. The highest BCUT2D eigenvalue weighted by atomic mass is 16.5. The van der Waals surface area contributed by atoms with Crippen LogP contribution < -0.4 is 15.6 Å². The number of rotatable bonds is 7. The van der Waals surface area contributed by atoms with Gasteiger partial charge in [-0.3, -0.25) is 20.4 Å². The predicted octanol–water partition coefficient (Wildman–Crippen LogP) is 2.87. The zero-order chi connectivity index (χ0) is 23.8. The van der Waals surface area contributed by atoms with Crippen molar-refractivity contribution in [3.05, 3.63) is 102 Å². The lowest BCUT2D eigenvalue weighted by atomic mass is 10.1. The van der Waals surface area contributed by atoms with Crippen LogP contribution in [0.1, 0.15) is 21.5 Å². The Morgan fingerprint density at radius 2 is 1.68 bits per heavy atom. The fraction of sp³-hybridized carbons (Fsp3) is 0.0800. The fourth-order valence-electron chi connectivity index (χ4n) is 3.14. The number of carbonyl (C=O) groups excluding carboxylic acids is 2. The lowest BCUT2D eigenvalue weighted by molar-refractivity contribution is -0.117. The predicted molar refractivity (Wildman–Crippen MR) is 126 cm³/mol. The van der Waals surface area contributed by atoms with E-state index in [1.54, 1.807) is 43.5 Å². The van der Waals surface area contributed by atoms with Crippen LogP contribution in [0.5, 0.6) is 5.75 Å². The molecule has 0 aliphatic carbocycles. The number of hydrazine groups is 1. The molecule has 34 heavy (non-hydrogen) atoms. The zero-order valence-corrected chi connectivity index (χ0v) is 18.4. The third-order valence-corrected chi connectivity index (χ3v) is 4.88. The smallest absolute Gasteiger partial charge is 0.269 e. The average molecular weight is 454 g/mol. The monoisotopic (exact) mass is 454 g/mol. The number of carbonyl (C=O) groups is 2. The molecule has 4 aromatic rings. The van der Waals surface area contributed by atoms with E-state index in [9.17, 15) is 9.59 Å². The summed E-state index contributed by atoms with van der Waals surface area (Å²) < 4.78 is 5.24. The minimum absolute atomic E-state index is 0.397. The minimum atomic E-state index is -0.470. The number of aromatic nitrogens is 4. The molecule has 9 nitrogen and oxygen atoms in total. The lowest BCUT2D eigenvalue weighted by Gasteiger charge is -2.07. The minimum Gasteiger partial charge on any atom is -0.496 e. The summed E-state index contributed by atoms with van der Waals surface area (Å²) >= 11 is 0. The van der Waals surface area contributed by atoms with E-state index in [4.69, 9.17) is 4.74 Å². The topological polar surface area (TPSA) is 111 Å². The van der Waals surface area contributed by atoms with Crippen LogP contribution in [0.25, 0.3) is 17.5 Å². The summed E-state index contributed by atoms with van der Waals surface area (Å²) in [5.41, 5.74) is 7.69. The summed E-state index contributed by atoms with van der Waals surface area (Å²) in [4.78, 5) is 25.9. The Labute approximate surface area is 196 Å². The molecule has 0 radical (unpaired) electrons. The summed E-state index contributed by atoms with van der Waals surface area (Å²) in [5, 5.41) is 12.5. The van der Waals surface area contributed by atoms with E-state index < -0.39 is 11.8 Å². The second-order valence-corrected chi connectivity index (χ2v) is 7.23. The average Bonchev–Trinajstić information content (AvgIpc) is 3.35. The number of hydrogen-bond acceptors (Lipinski definition) is 6. The van der Waals surface area contributed by atoms with Gasteiger partial charge >= 0.3 is 0 Å². The quantitative estimate of drug-likeness (QED) is 0.328. The summed E-state index contributed by atoms with van der Waals surface area (Å²) in [6.45, 7) is 0.409. The van der Waals surface area contributed by atoms with Crippen LogP contribution in [-0.2, 0) is 11.3 Å². The number of benzene rings is 3. The Hall–Kier alpha value is -4.79. The number of hydrogen-bond donors (Lipinski definition) is 2. The van der Waals surface area contributed by atoms with E-state index in [0.29, 0.717) is 23.7 Å². The van der Waals surface area contributed by atoms with Crippen LogP contribution in [-0.4, -0.2) is 39.1 Å². The lowest BCUT2D eigenvalue weighted by Crippen LogP contribution is -2.40. The molecule has 0 saturated carbocycles. The van der Waals surface area contributed by atoms with Crippen LogP contribution in [0.3, 0.4) is 0 Å². The van der Waals surface area contributed by atoms with Gasteiger partial charge in [-0.1, -0.05) is 60.7 Å². The molecule has 170 valence electrons. The first-order valence-electron chi connectivity index (χ1n) is 10.5. The second kappa shape index (κ2) is 10.7. The van der Waals surface area contributed by atoms with Gasteiger partial charge in [0.25, 0.3) is 11.8 Å². The van der Waals surface area contributed by atoms with Crippen molar-refractivity contribution < 1.29 is 14.3 Å². The molecule has 0 bridgehead atoms. The van der Waals surface area contributed by atoms with Gasteiger partial charge in [0.15, 0.2) is 0 Å². The molecule has 2 N–H and O–H groups in total. The third kappa shape index (κ3) is 5.71. The summed E-state index contributed by atoms with van der Waals surface area (Å²) in [7, 11) is 1.56. The Morgan fingerprint density at radius 3 is 2.44 bits per heavy atom. The van der Waals surface area contributed by atoms with Gasteiger partial charge in [0.05, 0.1) is 13.7 Å². The number of amides is 2. The maximum atomic E-state index is 12.3. The van der Waals surface area contributed by atoms with E-state index in [0.717, 1.165) is 16.7 Å². The van der Waals surface area contributed by atoms with Crippen molar-refractivity contribution in [3.63, 3.8) is 0 Å². The van der Waals surface area contributed by atoms with Crippen molar-refractivity contribution in [2.45, 2.75) is 6.54 Å². The van der Waals surface area contributed by atoms with Crippen LogP contribution in [0.15, 0.2) is 84.9 Å². The van der Waals surface area contributed by atoms with Crippen molar-refractivity contribution in [2.75, 3.05) is 7.11 Å².